The van der Waals surface area contributed by atoms with E-state index in [0.29, 0.717) is 31.0 Å². The molecule has 0 saturated carbocycles. The Balaban J connectivity index is 1.73. The molecule has 0 saturated heterocycles. The zero-order chi connectivity index (χ0) is 22.0. The van der Waals surface area contributed by atoms with Crippen LogP contribution in [0.15, 0.2) is 49.2 Å². The van der Waals surface area contributed by atoms with Gasteiger partial charge in [0.1, 0.15) is 0 Å². The fraction of sp³-hybridized carbons (Fsp3) is 0.250. The average Bonchev–Trinajstić information content (AvgIpc) is 2.92. The van der Waals surface area contributed by atoms with Crippen LogP contribution >= 0.6 is 0 Å². The summed E-state index contributed by atoms with van der Waals surface area (Å²) >= 11 is 0. The second-order valence-corrected chi connectivity index (χ2v) is 6.95. The number of aromatic nitrogens is 4. The van der Waals surface area contributed by atoms with Gasteiger partial charge >= 0.3 is 12.2 Å². The van der Waals surface area contributed by atoms with E-state index in [1.807, 2.05) is 11.9 Å². The summed E-state index contributed by atoms with van der Waals surface area (Å²) in [6.07, 6.45) is 2.61. The van der Waals surface area contributed by atoms with Crippen LogP contribution in [-0.4, -0.2) is 46.1 Å². The van der Waals surface area contributed by atoms with E-state index in [0.717, 1.165) is 12.3 Å². The van der Waals surface area contributed by atoms with Crippen molar-refractivity contribution in [3.63, 3.8) is 0 Å². The maximum Gasteiger partial charge on any atom is 0.417 e. The van der Waals surface area contributed by atoms with Gasteiger partial charge in [0.15, 0.2) is 11.6 Å². The molecule has 3 aromatic rings. The first-order valence-corrected chi connectivity index (χ1v) is 9.42. The molecule has 4 rings (SSSR count). The number of nitrogens with zero attached hydrogens (tertiary/aromatic N) is 6. The second-order valence-electron chi connectivity index (χ2n) is 6.95. The Morgan fingerprint density at radius 1 is 1.10 bits per heavy atom. The fourth-order valence-corrected chi connectivity index (χ4v) is 3.26. The lowest BCUT2D eigenvalue weighted by Crippen LogP contribution is -2.36. The molecule has 0 bridgehead atoms. The highest BCUT2D eigenvalue weighted by Crippen LogP contribution is 2.35. The van der Waals surface area contributed by atoms with Gasteiger partial charge < -0.3 is 4.90 Å². The van der Waals surface area contributed by atoms with E-state index in [4.69, 9.17) is 0 Å². The Morgan fingerprint density at radius 2 is 1.94 bits per heavy atom. The number of halogens is 3. The molecule has 0 aliphatic carbocycles. The third-order valence-corrected chi connectivity index (χ3v) is 4.80. The second kappa shape index (κ2) is 8.17. The smallest absolute Gasteiger partial charge is 0.372 e. The maximum atomic E-state index is 13.1. The Morgan fingerprint density at radius 3 is 2.68 bits per heavy atom. The highest BCUT2D eigenvalue weighted by Gasteiger charge is 2.31. The highest BCUT2D eigenvalue weighted by molar-refractivity contribution is 6.02. The third kappa shape index (κ3) is 4.39. The SMILES string of the molecule is CN1CCCN(C(=O)Nc2cnccn2)c2nc(-c3cncc(C(F)(F)F)c3)ccc21. The van der Waals surface area contributed by atoms with Crippen LogP contribution in [0.4, 0.5) is 35.3 Å². The van der Waals surface area contributed by atoms with Crippen LogP contribution in [0.25, 0.3) is 11.3 Å². The van der Waals surface area contributed by atoms with Crippen molar-refractivity contribution < 1.29 is 18.0 Å². The molecule has 4 heterocycles. The first-order valence-electron chi connectivity index (χ1n) is 9.42. The van der Waals surface area contributed by atoms with E-state index in [1.165, 1.54) is 29.7 Å². The number of rotatable bonds is 2. The Hall–Kier alpha value is -3.76. The van der Waals surface area contributed by atoms with Crippen molar-refractivity contribution in [3.8, 4) is 11.3 Å². The molecule has 3 aromatic heterocycles. The molecule has 0 spiro atoms. The number of carbonyl (C=O) groups is 1. The van der Waals surface area contributed by atoms with Crippen molar-refractivity contribution in [1.82, 2.24) is 19.9 Å². The lowest BCUT2D eigenvalue weighted by Gasteiger charge is -2.24. The predicted octanol–water partition coefficient (Wildman–Crippen LogP) is 3.83. The molecular formula is C20H18F3N7O. The monoisotopic (exact) mass is 429 g/mol. The van der Waals surface area contributed by atoms with Gasteiger partial charge in [0.25, 0.3) is 0 Å². The number of nitrogens with one attached hydrogen (secondary N) is 1. The molecule has 31 heavy (non-hydrogen) atoms. The summed E-state index contributed by atoms with van der Waals surface area (Å²) in [6.45, 7) is 1.06. The van der Waals surface area contributed by atoms with Gasteiger partial charge in [-0.05, 0) is 24.6 Å². The number of amides is 2. The lowest BCUT2D eigenvalue weighted by molar-refractivity contribution is -0.137. The fourth-order valence-electron chi connectivity index (χ4n) is 3.26. The summed E-state index contributed by atoms with van der Waals surface area (Å²) in [5.41, 5.74) is 0.315. The van der Waals surface area contributed by atoms with E-state index in [9.17, 15) is 18.0 Å². The standard InChI is InChI=1S/C20H18F3N7O/c1-29-7-2-8-30(19(31)28-17-12-24-5-6-26-17)18-16(29)4-3-15(27-18)13-9-14(11-25-10-13)20(21,22)23/h3-6,9-12H,2,7-8H2,1H3,(H,26,28,31). The van der Waals surface area contributed by atoms with Crippen LogP contribution in [0.1, 0.15) is 12.0 Å². The maximum absolute atomic E-state index is 13.1. The van der Waals surface area contributed by atoms with E-state index in [2.05, 4.69) is 25.3 Å². The van der Waals surface area contributed by atoms with Crippen LogP contribution in [0.3, 0.4) is 0 Å². The number of pyridine rings is 2. The third-order valence-electron chi connectivity index (χ3n) is 4.80. The Labute approximate surface area is 175 Å². The number of alkyl halides is 3. The van der Waals surface area contributed by atoms with Crippen molar-refractivity contribution >= 4 is 23.4 Å². The normalized spacial score (nSPS) is 14.1. The number of hydrogen-bond acceptors (Lipinski definition) is 6. The molecule has 0 atom stereocenters. The quantitative estimate of drug-likeness (QED) is 0.666. The predicted molar refractivity (Wildman–Crippen MR) is 109 cm³/mol. The minimum Gasteiger partial charge on any atom is -0.372 e. The van der Waals surface area contributed by atoms with E-state index in [1.54, 1.807) is 12.1 Å². The van der Waals surface area contributed by atoms with Crippen molar-refractivity contribution in [2.24, 2.45) is 0 Å². The largest absolute Gasteiger partial charge is 0.417 e. The van der Waals surface area contributed by atoms with Crippen LogP contribution in [0.2, 0.25) is 0 Å². The first kappa shape index (κ1) is 20.5. The molecule has 160 valence electrons. The van der Waals surface area contributed by atoms with Gasteiger partial charge in [-0.2, -0.15) is 13.2 Å². The van der Waals surface area contributed by atoms with Gasteiger partial charge in [0, 0.05) is 50.5 Å². The molecule has 2 amide bonds. The first-order chi connectivity index (χ1) is 14.8. The van der Waals surface area contributed by atoms with Crippen molar-refractivity contribution in [1.29, 1.82) is 0 Å². The topological polar surface area (TPSA) is 87.1 Å². The number of hydrogen-bond donors (Lipinski definition) is 1. The molecule has 1 N–H and O–H groups in total. The van der Waals surface area contributed by atoms with E-state index in [-0.39, 0.29) is 17.1 Å². The zero-order valence-corrected chi connectivity index (χ0v) is 16.5. The van der Waals surface area contributed by atoms with Gasteiger partial charge in [0.2, 0.25) is 0 Å². The van der Waals surface area contributed by atoms with Crippen LogP contribution in [0.5, 0.6) is 0 Å². The minimum atomic E-state index is -4.52. The minimum absolute atomic E-state index is 0.207. The molecule has 1 aliphatic heterocycles. The molecule has 8 nitrogen and oxygen atoms in total. The van der Waals surface area contributed by atoms with Gasteiger partial charge in [-0.3, -0.25) is 20.2 Å². The summed E-state index contributed by atoms with van der Waals surface area (Å²) in [5.74, 6) is 0.626. The molecule has 0 fully saturated rings. The van der Waals surface area contributed by atoms with Gasteiger partial charge in [-0.15, -0.1) is 0 Å². The summed E-state index contributed by atoms with van der Waals surface area (Å²) in [6, 6.07) is 3.90. The number of fused-ring (bicyclic) bond motifs is 1. The molecule has 0 unspecified atom stereocenters. The van der Waals surface area contributed by atoms with Crippen molar-refractivity contribution in [2.45, 2.75) is 12.6 Å². The van der Waals surface area contributed by atoms with Gasteiger partial charge in [-0.25, -0.2) is 14.8 Å². The molecular weight excluding hydrogens is 411 g/mol. The van der Waals surface area contributed by atoms with Crippen LogP contribution in [0, 0.1) is 0 Å². The van der Waals surface area contributed by atoms with Crippen molar-refractivity contribution in [3.05, 3.63) is 54.7 Å². The van der Waals surface area contributed by atoms with Gasteiger partial charge in [-0.1, -0.05) is 0 Å². The van der Waals surface area contributed by atoms with E-state index >= 15 is 0 Å². The molecule has 0 aromatic carbocycles. The number of carbonyl (C=O) groups excluding carboxylic acids is 1. The summed E-state index contributed by atoms with van der Waals surface area (Å²) in [5, 5.41) is 2.68. The lowest BCUT2D eigenvalue weighted by atomic mass is 10.1. The van der Waals surface area contributed by atoms with Crippen molar-refractivity contribution in [2.75, 3.05) is 35.3 Å². The summed E-state index contributed by atoms with van der Waals surface area (Å²) < 4.78 is 39.3. The number of urea groups is 1. The zero-order valence-electron chi connectivity index (χ0n) is 16.5. The van der Waals surface area contributed by atoms with Crippen LogP contribution in [-0.2, 0) is 6.18 Å². The highest BCUT2D eigenvalue weighted by atomic mass is 19.4. The molecule has 0 radical (unpaired) electrons. The summed E-state index contributed by atoms with van der Waals surface area (Å²) in [4.78, 5) is 32.6. The summed E-state index contributed by atoms with van der Waals surface area (Å²) in [7, 11) is 1.87. The molecule has 1 aliphatic rings. The van der Waals surface area contributed by atoms with E-state index < -0.39 is 17.8 Å². The van der Waals surface area contributed by atoms with Gasteiger partial charge in [0.05, 0.1) is 23.1 Å². The Bertz CT molecular complexity index is 1090. The average molecular weight is 429 g/mol. The Kier molecular flexibility index (Phi) is 5.40. The van der Waals surface area contributed by atoms with Crippen LogP contribution < -0.4 is 15.1 Å². The molecule has 11 heteroatoms. The number of anilines is 3.